The summed E-state index contributed by atoms with van der Waals surface area (Å²) in [5.41, 5.74) is 2.06. The van der Waals surface area contributed by atoms with Gasteiger partial charge < -0.3 is 15.4 Å². The van der Waals surface area contributed by atoms with Crippen LogP contribution < -0.4 is 15.4 Å². The Hall–Kier alpha value is -3.45. The van der Waals surface area contributed by atoms with Crippen molar-refractivity contribution in [2.45, 2.75) is 26.2 Å². The third-order valence-corrected chi connectivity index (χ3v) is 4.52. The molecule has 2 N–H and O–H groups in total. The van der Waals surface area contributed by atoms with Gasteiger partial charge in [0, 0.05) is 11.1 Å². The van der Waals surface area contributed by atoms with Crippen LogP contribution in [0.5, 0.6) is 5.75 Å². The highest BCUT2D eigenvalue weighted by Gasteiger charge is 2.13. The SMILES string of the molecule is CC(C)(C)c1ccc(NC(=O)NCC#CCOc2cccc3ccccc23)cc1. The maximum atomic E-state index is 12.0. The first kappa shape index (κ1) is 20.3. The summed E-state index contributed by atoms with van der Waals surface area (Å²) in [7, 11) is 0. The standard InChI is InChI=1S/C25H26N2O2/c1-25(2,3)20-13-15-21(16-14-20)27-24(28)26-17-6-7-18-29-23-12-8-10-19-9-4-5-11-22(19)23/h4-5,8-16H,17-18H2,1-3H3,(H2,26,27,28). The topological polar surface area (TPSA) is 50.4 Å². The molecule has 0 bridgehead atoms. The van der Waals surface area contributed by atoms with Crippen LogP contribution in [0.1, 0.15) is 26.3 Å². The summed E-state index contributed by atoms with van der Waals surface area (Å²) in [6, 6.07) is 21.6. The molecule has 2 amide bonds. The zero-order valence-electron chi connectivity index (χ0n) is 17.1. The molecule has 0 aromatic heterocycles. The number of amides is 2. The second kappa shape index (κ2) is 9.16. The van der Waals surface area contributed by atoms with E-state index >= 15 is 0 Å². The number of rotatable bonds is 4. The van der Waals surface area contributed by atoms with Gasteiger partial charge in [0.05, 0.1) is 6.54 Å². The first-order chi connectivity index (χ1) is 13.9. The molecular formula is C25H26N2O2. The molecule has 0 fully saturated rings. The van der Waals surface area contributed by atoms with Crippen molar-refractivity contribution in [3.05, 3.63) is 72.3 Å². The molecule has 0 saturated carbocycles. The molecule has 29 heavy (non-hydrogen) atoms. The largest absolute Gasteiger partial charge is 0.480 e. The Morgan fingerprint density at radius 2 is 1.66 bits per heavy atom. The molecule has 0 atom stereocenters. The minimum atomic E-state index is -0.280. The lowest BCUT2D eigenvalue weighted by atomic mass is 9.87. The predicted octanol–water partition coefficient (Wildman–Crippen LogP) is 5.34. The van der Waals surface area contributed by atoms with Crippen LogP contribution in [0.25, 0.3) is 10.8 Å². The summed E-state index contributed by atoms with van der Waals surface area (Å²) in [5.74, 6) is 6.64. The maximum Gasteiger partial charge on any atom is 0.319 e. The lowest BCUT2D eigenvalue weighted by molar-refractivity contribution is 0.253. The Balaban J connectivity index is 1.43. The van der Waals surface area contributed by atoms with Crippen molar-refractivity contribution in [2.75, 3.05) is 18.5 Å². The maximum absolute atomic E-state index is 12.0. The van der Waals surface area contributed by atoms with E-state index in [1.807, 2.05) is 66.7 Å². The summed E-state index contributed by atoms with van der Waals surface area (Å²) in [5, 5.41) is 7.73. The number of carbonyl (C=O) groups excluding carboxylic acids is 1. The molecule has 0 spiro atoms. The van der Waals surface area contributed by atoms with Gasteiger partial charge in [0.25, 0.3) is 0 Å². The smallest absolute Gasteiger partial charge is 0.319 e. The minimum Gasteiger partial charge on any atom is -0.480 e. The number of nitrogens with one attached hydrogen (secondary N) is 2. The molecule has 0 heterocycles. The van der Waals surface area contributed by atoms with Crippen LogP contribution in [0.4, 0.5) is 10.5 Å². The average Bonchev–Trinajstić information content (AvgIpc) is 2.70. The number of benzene rings is 3. The van der Waals surface area contributed by atoms with E-state index in [0.29, 0.717) is 0 Å². The van der Waals surface area contributed by atoms with Gasteiger partial charge in [-0.25, -0.2) is 4.79 Å². The summed E-state index contributed by atoms with van der Waals surface area (Å²) in [6.45, 7) is 7.00. The number of hydrogen-bond donors (Lipinski definition) is 2. The fourth-order valence-electron chi connectivity index (χ4n) is 2.90. The van der Waals surface area contributed by atoms with Gasteiger partial charge >= 0.3 is 6.03 Å². The zero-order valence-corrected chi connectivity index (χ0v) is 17.1. The van der Waals surface area contributed by atoms with Crippen molar-refractivity contribution in [1.29, 1.82) is 0 Å². The molecule has 4 heteroatoms. The molecule has 3 aromatic rings. The van der Waals surface area contributed by atoms with E-state index in [4.69, 9.17) is 4.74 Å². The van der Waals surface area contributed by atoms with E-state index in [9.17, 15) is 4.79 Å². The van der Waals surface area contributed by atoms with Crippen LogP contribution in [0.15, 0.2) is 66.7 Å². The van der Waals surface area contributed by atoms with Gasteiger partial charge in [0.2, 0.25) is 0 Å². The molecule has 0 saturated heterocycles. The Morgan fingerprint density at radius 1 is 0.931 bits per heavy atom. The summed E-state index contributed by atoms with van der Waals surface area (Å²) >= 11 is 0. The van der Waals surface area contributed by atoms with Crippen LogP contribution in [0, 0.1) is 11.8 Å². The minimum absolute atomic E-state index is 0.0878. The van der Waals surface area contributed by atoms with Gasteiger partial charge in [0.1, 0.15) is 12.4 Å². The van der Waals surface area contributed by atoms with Gasteiger partial charge in [-0.3, -0.25) is 0 Å². The summed E-state index contributed by atoms with van der Waals surface area (Å²) in [4.78, 5) is 12.0. The number of anilines is 1. The Morgan fingerprint density at radius 3 is 2.41 bits per heavy atom. The van der Waals surface area contributed by atoms with E-state index in [0.717, 1.165) is 22.2 Å². The van der Waals surface area contributed by atoms with Gasteiger partial charge in [-0.15, -0.1) is 0 Å². The molecule has 0 radical (unpaired) electrons. The molecule has 0 aliphatic carbocycles. The molecule has 0 aliphatic rings. The van der Waals surface area contributed by atoms with Crippen LogP contribution in [-0.4, -0.2) is 19.2 Å². The van der Waals surface area contributed by atoms with Crippen molar-refractivity contribution >= 4 is 22.5 Å². The highest BCUT2D eigenvalue weighted by Crippen LogP contribution is 2.25. The Labute approximate surface area is 172 Å². The zero-order chi connectivity index (χ0) is 20.7. The second-order valence-electron chi connectivity index (χ2n) is 7.75. The van der Waals surface area contributed by atoms with Crippen molar-refractivity contribution < 1.29 is 9.53 Å². The van der Waals surface area contributed by atoms with E-state index in [1.165, 1.54) is 5.56 Å². The first-order valence-corrected chi connectivity index (χ1v) is 9.65. The Kier molecular flexibility index (Phi) is 6.41. The van der Waals surface area contributed by atoms with Crippen LogP contribution in [-0.2, 0) is 5.41 Å². The average molecular weight is 386 g/mol. The van der Waals surface area contributed by atoms with Crippen molar-refractivity contribution in [2.24, 2.45) is 0 Å². The van der Waals surface area contributed by atoms with E-state index < -0.39 is 0 Å². The van der Waals surface area contributed by atoms with Crippen molar-refractivity contribution in [3.8, 4) is 17.6 Å². The molecular weight excluding hydrogens is 360 g/mol. The van der Waals surface area contributed by atoms with Gasteiger partial charge in [-0.1, -0.05) is 81.1 Å². The third-order valence-electron chi connectivity index (χ3n) is 4.52. The summed E-state index contributed by atoms with van der Waals surface area (Å²) < 4.78 is 5.76. The van der Waals surface area contributed by atoms with E-state index in [-0.39, 0.29) is 24.6 Å². The first-order valence-electron chi connectivity index (χ1n) is 9.65. The highest BCUT2D eigenvalue weighted by molar-refractivity contribution is 5.89. The number of fused-ring (bicyclic) bond motifs is 1. The van der Waals surface area contributed by atoms with E-state index in [2.05, 4.69) is 43.2 Å². The number of carbonyl (C=O) groups is 1. The normalized spacial score (nSPS) is 10.7. The fourth-order valence-corrected chi connectivity index (χ4v) is 2.90. The van der Waals surface area contributed by atoms with Gasteiger partial charge in [0.15, 0.2) is 0 Å². The molecule has 148 valence electrons. The lowest BCUT2D eigenvalue weighted by Gasteiger charge is -2.19. The third kappa shape index (κ3) is 5.76. The van der Waals surface area contributed by atoms with Gasteiger partial charge in [-0.2, -0.15) is 0 Å². The fraction of sp³-hybridized carbons (Fsp3) is 0.240. The molecule has 0 aliphatic heterocycles. The van der Waals surface area contributed by atoms with Gasteiger partial charge in [-0.05, 0) is 34.6 Å². The number of ether oxygens (including phenoxy) is 1. The molecule has 0 unspecified atom stereocenters. The van der Waals surface area contributed by atoms with Crippen molar-refractivity contribution in [3.63, 3.8) is 0 Å². The molecule has 3 aromatic carbocycles. The van der Waals surface area contributed by atoms with Crippen LogP contribution in [0.3, 0.4) is 0 Å². The Bertz CT molecular complexity index is 1030. The monoisotopic (exact) mass is 386 g/mol. The van der Waals surface area contributed by atoms with Crippen LogP contribution >= 0.6 is 0 Å². The van der Waals surface area contributed by atoms with Crippen molar-refractivity contribution in [1.82, 2.24) is 5.32 Å². The quantitative estimate of drug-likeness (QED) is 0.595. The molecule has 3 rings (SSSR count). The summed E-state index contributed by atoms with van der Waals surface area (Å²) in [6.07, 6.45) is 0. The number of urea groups is 1. The van der Waals surface area contributed by atoms with Crippen LogP contribution in [0.2, 0.25) is 0 Å². The second-order valence-corrected chi connectivity index (χ2v) is 7.75. The number of hydrogen-bond acceptors (Lipinski definition) is 2. The lowest BCUT2D eigenvalue weighted by Crippen LogP contribution is -2.29. The predicted molar refractivity (Wildman–Crippen MR) is 119 cm³/mol. The molecule has 4 nitrogen and oxygen atoms in total. The highest BCUT2D eigenvalue weighted by atomic mass is 16.5. The van der Waals surface area contributed by atoms with E-state index in [1.54, 1.807) is 0 Å².